The minimum atomic E-state index is -0.210. The molecule has 4 nitrogen and oxygen atoms in total. The van der Waals surface area contributed by atoms with Crippen LogP contribution in [0.2, 0.25) is 0 Å². The van der Waals surface area contributed by atoms with Crippen molar-refractivity contribution in [2.45, 2.75) is 45.4 Å². The zero-order valence-electron chi connectivity index (χ0n) is 17.2. The van der Waals surface area contributed by atoms with Crippen LogP contribution in [0, 0.1) is 11.7 Å². The van der Waals surface area contributed by atoms with Gasteiger partial charge in [0.2, 0.25) is 0 Å². The van der Waals surface area contributed by atoms with E-state index in [1.807, 2.05) is 6.07 Å². The van der Waals surface area contributed by atoms with Gasteiger partial charge in [-0.25, -0.2) is 4.39 Å². The minimum absolute atomic E-state index is 0. The van der Waals surface area contributed by atoms with E-state index in [1.165, 1.54) is 38.4 Å². The summed E-state index contributed by atoms with van der Waals surface area (Å²) in [6, 6.07) is 6.83. The molecular formula is C21H36FIN4. The number of nitrogens with zero attached hydrogens (tertiary/aromatic N) is 2. The fraction of sp³-hybridized carbons (Fsp3) is 0.667. The molecule has 0 amide bonds. The molecule has 0 aliphatic carbocycles. The highest BCUT2D eigenvalue weighted by Gasteiger charge is 2.21. The maximum atomic E-state index is 13.5. The lowest BCUT2D eigenvalue weighted by molar-refractivity contribution is 0.213. The van der Waals surface area contributed by atoms with E-state index in [0.29, 0.717) is 6.54 Å². The van der Waals surface area contributed by atoms with Crippen LogP contribution in [-0.2, 0) is 5.41 Å². The third kappa shape index (κ3) is 8.34. The van der Waals surface area contributed by atoms with E-state index in [-0.39, 0.29) is 35.2 Å². The first-order valence-electron chi connectivity index (χ1n) is 9.87. The Bertz CT molecular complexity index is 583. The van der Waals surface area contributed by atoms with Crippen LogP contribution in [-0.4, -0.2) is 50.6 Å². The number of piperidine rings is 1. The number of benzene rings is 1. The molecule has 1 aliphatic rings. The van der Waals surface area contributed by atoms with Crippen LogP contribution < -0.4 is 10.6 Å². The van der Waals surface area contributed by atoms with Gasteiger partial charge in [0.25, 0.3) is 0 Å². The Hall–Kier alpha value is -0.890. The second-order valence-electron chi connectivity index (χ2n) is 8.05. The van der Waals surface area contributed by atoms with Crippen molar-refractivity contribution < 1.29 is 4.39 Å². The summed E-state index contributed by atoms with van der Waals surface area (Å²) in [5, 5.41) is 6.79. The molecule has 1 aromatic rings. The van der Waals surface area contributed by atoms with Gasteiger partial charge in [-0.1, -0.05) is 26.0 Å². The van der Waals surface area contributed by atoms with Crippen molar-refractivity contribution in [3.05, 3.63) is 35.6 Å². The van der Waals surface area contributed by atoms with E-state index in [4.69, 9.17) is 4.99 Å². The van der Waals surface area contributed by atoms with E-state index < -0.39 is 0 Å². The second-order valence-corrected chi connectivity index (χ2v) is 8.05. The third-order valence-corrected chi connectivity index (χ3v) is 5.27. The van der Waals surface area contributed by atoms with Crippen LogP contribution in [0.3, 0.4) is 0 Å². The topological polar surface area (TPSA) is 39.7 Å². The number of halogens is 2. The fourth-order valence-electron chi connectivity index (χ4n) is 3.36. The zero-order valence-corrected chi connectivity index (χ0v) is 19.6. The predicted octanol–water partition coefficient (Wildman–Crippen LogP) is 4.01. The molecule has 154 valence electrons. The van der Waals surface area contributed by atoms with Crippen LogP contribution >= 0.6 is 24.0 Å². The molecule has 2 N–H and O–H groups in total. The smallest absolute Gasteiger partial charge is 0.191 e. The van der Waals surface area contributed by atoms with Crippen LogP contribution in [0.1, 0.15) is 45.6 Å². The molecule has 0 bridgehead atoms. The second kappa shape index (κ2) is 11.8. The van der Waals surface area contributed by atoms with E-state index in [1.54, 1.807) is 12.1 Å². The molecule has 1 aliphatic heterocycles. The molecule has 1 heterocycles. The van der Waals surface area contributed by atoms with E-state index in [9.17, 15) is 4.39 Å². The number of aliphatic imine (C=N–C) groups is 1. The van der Waals surface area contributed by atoms with Crippen LogP contribution in [0.15, 0.2) is 29.3 Å². The number of guanidine groups is 1. The maximum Gasteiger partial charge on any atom is 0.191 e. The van der Waals surface area contributed by atoms with Crippen molar-refractivity contribution in [3.8, 4) is 0 Å². The predicted molar refractivity (Wildman–Crippen MR) is 124 cm³/mol. The lowest BCUT2D eigenvalue weighted by Crippen LogP contribution is -2.40. The largest absolute Gasteiger partial charge is 0.357 e. The molecule has 0 unspecified atom stereocenters. The highest BCUT2D eigenvalue weighted by atomic mass is 127. The Morgan fingerprint density at radius 1 is 1.26 bits per heavy atom. The zero-order chi connectivity index (χ0) is 19.0. The number of rotatable bonds is 7. The summed E-state index contributed by atoms with van der Waals surface area (Å²) in [5.41, 5.74) is 0.765. The van der Waals surface area contributed by atoms with Gasteiger partial charge in [-0.2, -0.15) is 0 Å². The van der Waals surface area contributed by atoms with E-state index >= 15 is 0 Å². The van der Waals surface area contributed by atoms with Gasteiger partial charge in [0.05, 0.1) is 6.54 Å². The molecule has 1 fully saturated rings. The van der Waals surface area contributed by atoms with Gasteiger partial charge in [0, 0.05) is 18.5 Å². The molecule has 1 aromatic carbocycles. The first kappa shape index (κ1) is 24.1. The van der Waals surface area contributed by atoms with Crippen LogP contribution in [0.4, 0.5) is 4.39 Å². The summed E-state index contributed by atoms with van der Waals surface area (Å²) < 4.78 is 13.5. The molecule has 0 atom stereocenters. The molecule has 6 heteroatoms. The van der Waals surface area contributed by atoms with Gasteiger partial charge >= 0.3 is 0 Å². The molecule has 0 aromatic heterocycles. The highest BCUT2D eigenvalue weighted by Crippen LogP contribution is 2.24. The van der Waals surface area contributed by atoms with Gasteiger partial charge in [-0.3, -0.25) is 4.99 Å². The van der Waals surface area contributed by atoms with Crippen molar-refractivity contribution in [1.82, 2.24) is 15.5 Å². The van der Waals surface area contributed by atoms with Crippen molar-refractivity contribution >= 4 is 29.9 Å². The monoisotopic (exact) mass is 490 g/mol. The molecule has 2 rings (SSSR count). The average Bonchev–Trinajstić information content (AvgIpc) is 2.61. The molecule has 1 saturated heterocycles. The summed E-state index contributed by atoms with van der Waals surface area (Å²) in [5.74, 6) is 1.47. The van der Waals surface area contributed by atoms with Crippen LogP contribution in [0.25, 0.3) is 0 Å². The maximum absolute atomic E-state index is 13.5. The SMILES string of the molecule is CCNC(=NCC(C)(C)c1cccc(F)c1)NCCC1CCN(C)CC1.I. The van der Waals surface area contributed by atoms with Crippen molar-refractivity contribution in [3.63, 3.8) is 0 Å². The van der Waals surface area contributed by atoms with Gasteiger partial charge < -0.3 is 15.5 Å². The number of hydrogen-bond donors (Lipinski definition) is 2. The van der Waals surface area contributed by atoms with Crippen LogP contribution in [0.5, 0.6) is 0 Å². The normalized spacial score (nSPS) is 16.7. The first-order valence-corrected chi connectivity index (χ1v) is 9.87. The summed E-state index contributed by atoms with van der Waals surface area (Å²) in [6.45, 7) is 11.1. The Labute approximate surface area is 181 Å². The lowest BCUT2D eigenvalue weighted by atomic mass is 9.85. The van der Waals surface area contributed by atoms with Gasteiger partial charge in [-0.15, -0.1) is 24.0 Å². The summed E-state index contributed by atoms with van der Waals surface area (Å²) in [4.78, 5) is 7.16. The lowest BCUT2D eigenvalue weighted by Gasteiger charge is -2.29. The van der Waals surface area contributed by atoms with Gasteiger partial charge in [0.1, 0.15) is 5.82 Å². The average molecular weight is 490 g/mol. The standard InChI is InChI=1S/C21H35FN4.HI/c1-5-23-20(24-12-9-17-10-13-26(4)14-11-17)25-16-21(2,3)18-7-6-8-19(22)15-18;/h6-8,15,17H,5,9-14,16H2,1-4H3,(H2,23,24,25);1H. The number of likely N-dealkylation sites (tertiary alicyclic amines) is 1. The Balaban J connectivity index is 0.00000364. The van der Waals surface area contributed by atoms with E-state index in [2.05, 4.69) is 43.4 Å². The fourth-order valence-corrected chi connectivity index (χ4v) is 3.36. The molecule has 0 radical (unpaired) electrons. The molecular weight excluding hydrogens is 454 g/mol. The minimum Gasteiger partial charge on any atom is -0.357 e. The third-order valence-electron chi connectivity index (χ3n) is 5.27. The summed E-state index contributed by atoms with van der Waals surface area (Å²) in [7, 11) is 2.20. The van der Waals surface area contributed by atoms with E-state index in [0.717, 1.165) is 30.5 Å². The number of hydrogen-bond acceptors (Lipinski definition) is 2. The number of nitrogens with one attached hydrogen (secondary N) is 2. The quantitative estimate of drug-likeness (QED) is 0.345. The highest BCUT2D eigenvalue weighted by molar-refractivity contribution is 14.0. The molecule has 0 saturated carbocycles. The van der Waals surface area contributed by atoms with Crippen molar-refractivity contribution in [1.29, 1.82) is 0 Å². The molecule has 27 heavy (non-hydrogen) atoms. The summed E-state index contributed by atoms with van der Waals surface area (Å²) in [6.07, 6.45) is 3.77. The van der Waals surface area contributed by atoms with Crippen molar-refractivity contribution in [2.75, 3.05) is 39.8 Å². The Morgan fingerprint density at radius 2 is 1.96 bits per heavy atom. The Morgan fingerprint density at radius 3 is 2.59 bits per heavy atom. The summed E-state index contributed by atoms with van der Waals surface area (Å²) >= 11 is 0. The van der Waals surface area contributed by atoms with Gasteiger partial charge in [0.15, 0.2) is 5.96 Å². The first-order chi connectivity index (χ1) is 12.4. The molecule has 0 spiro atoms. The van der Waals surface area contributed by atoms with Gasteiger partial charge in [-0.05, 0) is 69.9 Å². The Kier molecular flexibility index (Phi) is 10.6. The van der Waals surface area contributed by atoms with Crippen molar-refractivity contribution in [2.24, 2.45) is 10.9 Å².